The second kappa shape index (κ2) is 7.41. The van der Waals surface area contributed by atoms with E-state index in [4.69, 9.17) is 4.74 Å². The maximum atomic E-state index is 12.6. The SMILES string of the molecule is CC[C@@H](NC(=O)CC1CCOCC1)c1nc(C(F)(F)F)cs1. The Morgan fingerprint density at radius 1 is 1.50 bits per heavy atom. The normalized spacial score (nSPS) is 18.2. The molecular weight excluding hydrogens is 317 g/mol. The van der Waals surface area contributed by atoms with Crippen molar-refractivity contribution in [1.29, 1.82) is 0 Å². The lowest BCUT2D eigenvalue weighted by molar-refractivity contribution is -0.140. The number of aromatic nitrogens is 1. The van der Waals surface area contributed by atoms with Crippen molar-refractivity contribution < 1.29 is 22.7 Å². The lowest BCUT2D eigenvalue weighted by Crippen LogP contribution is -2.31. The molecule has 2 heterocycles. The third kappa shape index (κ3) is 4.67. The Balaban J connectivity index is 1.93. The molecule has 8 heteroatoms. The largest absolute Gasteiger partial charge is 0.434 e. The van der Waals surface area contributed by atoms with Crippen molar-refractivity contribution in [2.24, 2.45) is 5.92 Å². The Labute approximate surface area is 131 Å². The van der Waals surface area contributed by atoms with Crippen molar-refractivity contribution in [3.63, 3.8) is 0 Å². The number of rotatable bonds is 5. The topological polar surface area (TPSA) is 51.2 Å². The number of hydrogen-bond acceptors (Lipinski definition) is 4. The maximum absolute atomic E-state index is 12.6. The number of ether oxygens (including phenoxy) is 1. The predicted molar refractivity (Wildman–Crippen MR) is 76.5 cm³/mol. The van der Waals surface area contributed by atoms with Crippen LogP contribution in [0.2, 0.25) is 0 Å². The van der Waals surface area contributed by atoms with E-state index in [9.17, 15) is 18.0 Å². The number of nitrogens with zero attached hydrogens (tertiary/aromatic N) is 1. The van der Waals surface area contributed by atoms with Crippen LogP contribution in [0, 0.1) is 5.92 Å². The van der Waals surface area contributed by atoms with E-state index < -0.39 is 17.9 Å². The molecule has 1 fully saturated rings. The number of carbonyl (C=O) groups excluding carboxylic acids is 1. The van der Waals surface area contributed by atoms with E-state index in [1.54, 1.807) is 0 Å². The molecule has 0 aliphatic carbocycles. The molecule has 4 nitrogen and oxygen atoms in total. The summed E-state index contributed by atoms with van der Waals surface area (Å²) in [6.45, 7) is 3.14. The quantitative estimate of drug-likeness (QED) is 0.895. The van der Waals surface area contributed by atoms with E-state index >= 15 is 0 Å². The number of hydrogen-bond donors (Lipinski definition) is 1. The third-order valence-electron chi connectivity index (χ3n) is 3.67. The number of amides is 1. The molecule has 1 aliphatic rings. The van der Waals surface area contributed by atoms with Crippen LogP contribution in [-0.4, -0.2) is 24.1 Å². The van der Waals surface area contributed by atoms with Crippen LogP contribution in [0.15, 0.2) is 5.38 Å². The molecule has 22 heavy (non-hydrogen) atoms. The Morgan fingerprint density at radius 2 is 2.18 bits per heavy atom. The lowest BCUT2D eigenvalue weighted by Gasteiger charge is -2.22. The maximum Gasteiger partial charge on any atom is 0.434 e. The highest BCUT2D eigenvalue weighted by Crippen LogP contribution is 2.32. The van der Waals surface area contributed by atoms with Crippen LogP contribution >= 0.6 is 11.3 Å². The van der Waals surface area contributed by atoms with Crippen LogP contribution in [-0.2, 0) is 15.7 Å². The van der Waals surface area contributed by atoms with Crippen LogP contribution in [0.1, 0.15) is 49.4 Å². The van der Waals surface area contributed by atoms with E-state index in [1.807, 2.05) is 6.92 Å². The summed E-state index contributed by atoms with van der Waals surface area (Å²) in [4.78, 5) is 15.7. The molecule has 1 aromatic heterocycles. The van der Waals surface area contributed by atoms with Crippen LogP contribution in [0.4, 0.5) is 13.2 Å². The van der Waals surface area contributed by atoms with Crippen molar-refractivity contribution in [3.8, 4) is 0 Å². The van der Waals surface area contributed by atoms with Gasteiger partial charge in [0.15, 0.2) is 5.69 Å². The molecule has 2 rings (SSSR count). The lowest BCUT2D eigenvalue weighted by atomic mass is 9.96. The number of thiazole rings is 1. The van der Waals surface area contributed by atoms with Crippen LogP contribution < -0.4 is 5.32 Å². The third-order valence-corrected chi connectivity index (χ3v) is 4.63. The van der Waals surface area contributed by atoms with Gasteiger partial charge in [0.2, 0.25) is 5.91 Å². The molecule has 1 amide bonds. The van der Waals surface area contributed by atoms with Crippen molar-refractivity contribution in [2.45, 2.75) is 44.8 Å². The minimum atomic E-state index is -4.45. The Morgan fingerprint density at radius 3 is 2.73 bits per heavy atom. The fourth-order valence-corrected chi connectivity index (χ4v) is 3.34. The summed E-state index contributed by atoms with van der Waals surface area (Å²) >= 11 is 0.931. The summed E-state index contributed by atoms with van der Waals surface area (Å²) in [5, 5.41) is 4.09. The summed E-state index contributed by atoms with van der Waals surface area (Å²) in [6, 6.07) is -0.464. The highest BCUT2D eigenvalue weighted by atomic mass is 32.1. The Kier molecular flexibility index (Phi) is 5.80. The van der Waals surface area contributed by atoms with E-state index in [2.05, 4.69) is 10.3 Å². The Bertz CT molecular complexity index is 499. The summed E-state index contributed by atoms with van der Waals surface area (Å²) in [7, 11) is 0. The first-order chi connectivity index (χ1) is 10.4. The molecular formula is C14H19F3N2O2S. The second-order valence-corrected chi connectivity index (χ2v) is 6.25. The van der Waals surface area contributed by atoms with Gasteiger partial charge in [-0.25, -0.2) is 4.98 Å². The van der Waals surface area contributed by atoms with Gasteiger partial charge >= 0.3 is 6.18 Å². The molecule has 1 aliphatic heterocycles. The minimum absolute atomic E-state index is 0.137. The van der Waals surface area contributed by atoms with Gasteiger partial charge in [-0.1, -0.05) is 6.92 Å². The standard InChI is InChI=1S/C14H19F3N2O2S/c1-2-10(13-19-11(8-22-13)14(15,16)17)18-12(20)7-9-3-5-21-6-4-9/h8-10H,2-7H2,1H3,(H,18,20)/t10-/m1/s1. The fraction of sp³-hybridized carbons (Fsp3) is 0.714. The first-order valence-corrected chi connectivity index (χ1v) is 8.17. The van der Waals surface area contributed by atoms with Gasteiger partial charge in [-0.05, 0) is 25.2 Å². The molecule has 0 radical (unpaired) electrons. The van der Waals surface area contributed by atoms with Gasteiger partial charge in [-0.3, -0.25) is 4.79 Å². The van der Waals surface area contributed by atoms with Gasteiger partial charge in [-0.15, -0.1) is 11.3 Å². The van der Waals surface area contributed by atoms with Crippen LogP contribution in [0.3, 0.4) is 0 Å². The number of alkyl halides is 3. The zero-order valence-corrected chi connectivity index (χ0v) is 13.1. The zero-order valence-electron chi connectivity index (χ0n) is 12.3. The second-order valence-electron chi connectivity index (χ2n) is 5.36. The fourth-order valence-electron chi connectivity index (χ4n) is 2.38. The monoisotopic (exact) mass is 336 g/mol. The molecule has 1 saturated heterocycles. The predicted octanol–water partition coefficient (Wildman–Crippen LogP) is 3.55. The molecule has 0 spiro atoms. The molecule has 0 aromatic carbocycles. The van der Waals surface area contributed by atoms with Crippen molar-refractivity contribution in [1.82, 2.24) is 10.3 Å². The smallest absolute Gasteiger partial charge is 0.381 e. The highest BCUT2D eigenvalue weighted by Gasteiger charge is 2.34. The van der Waals surface area contributed by atoms with E-state index in [0.717, 1.165) is 29.6 Å². The highest BCUT2D eigenvalue weighted by molar-refractivity contribution is 7.09. The molecule has 0 unspecified atom stereocenters. The van der Waals surface area contributed by atoms with Gasteiger partial charge in [0, 0.05) is 25.0 Å². The average molecular weight is 336 g/mol. The average Bonchev–Trinajstić information content (AvgIpc) is 2.95. The number of halogens is 3. The van der Waals surface area contributed by atoms with E-state index in [-0.39, 0.29) is 11.8 Å². The molecule has 124 valence electrons. The van der Waals surface area contributed by atoms with Crippen molar-refractivity contribution in [2.75, 3.05) is 13.2 Å². The van der Waals surface area contributed by atoms with E-state index in [0.29, 0.717) is 31.1 Å². The zero-order chi connectivity index (χ0) is 16.2. The summed E-state index contributed by atoms with van der Waals surface area (Å²) in [5.41, 5.74) is -0.898. The molecule has 0 saturated carbocycles. The van der Waals surface area contributed by atoms with Gasteiger partial charge in [0.25, 0.3) is 0 Å². The van der Waals surface area contributed by atoms with Crippen LogP contribution in [0.5, 0.6) is 0 Å². The summed E-state index contributed by atoms with van der Waals surface area (Å²) in [5.74, 6) is 0.149. The van der Waals surface area contributed by atoms with Gasteiger partial charge < -0.3 is 10.1 Å². The van der Waals surface area contributed by atoms with Gasteiger partial charge in [-0.2, -0.15) is 13.2 Å². The molecule has 1 aromatic rings. The number of carbonyl (C=O) groups is 1. The minimum Gasteiger partial charge on any atom is -0.381 e. The van der Waals surface area contributed by atoms with Gasteiger partial charge in [0.1, 0.15) is 5.01 Å². The Hall–Kier alpha value is -1.15. The number of nitrogens with one attached hydrogen (secondary N) is 1. The van der Waals surface area contributed by atoms with Crippen molar-refractivity contribution >= 4 is 17.2 Å². The first-order valence-electron chi connectivity index (χ1n) is 7.30. The summed E-state index contributed by atoms with van der Waals surface area (Å²) < 4.78 is 43.0. The van der Waals surface area contributed by atoms with E-state index in [1.165, 1.54) is 0 Å². The van der Waals surface area contributed by atoms with Gasteiger partial charge in [0.05, 0.1) is 6.04 Å². The molecule has 0 bridgehead atoms. The molecule has 1 N–H and O–H groups in total. The first kappa shape index (κ1) is 17.2. The van der Waals surface area contributed by atoms with Crippen LogP contribution in [0.25, 0.3) is 0 Å². The van der Waals surface area contributed by atoms with Crippen molar-refractivity contribution in [3.05, 3.63) is 16.1 Å². The molecule has 1 atom stereocenters. The summed E-state index contributed by atoms with van der Waals surface area (Å²) in [6.07, 6.45) is -1.86.